The molecule has 4 nitrogen and oxygen atoms in total. The summed E-state index contributed by atoms with van der Waals surface area (Å²) < 4.78 is 0. The second-order valence-electron chi connectivity index (χ2n) is 7.36. The maximum atomic E-state index is 4.80. The quantitative estimate of drug-likeness (QED) is 0.398. The summed E-state index contributed by atoms with van der Waals surface area (Å²) in [6.07, 6.45) is 12.8. The standard InChI is InChI=1S/C19H38N4S/c1-4-20-19(22-17-10-11-18(15-17)24-3)21-12-6-8-14-23-13-7-5-9-16(23)2/h16-18H,4-15H2,1-3H3,(H2,20,21,22). The van der Waals surface area contributed by atoms with Crippen molar-refractivity contribution in [2.75, 3.05) is 32.4 Å². The van der Waals surface area contributed by atoms with Crippen molar-refractivity contribution in [3.8, 4) is 0 Å². The zero-order valence-corrected chi connectivity index (χ0v) is 16.8. The van der Waals surface area contributed by atoms with Gasteiger partial charge in [-0.2, -0.15) is 11.8 Å². The largest absolute Gasteiger partial charge is 0.357 e. The molecule has 0 aromatic carbocycles. The van der Waals surface area contributed by atoms with Crippen molar-refractivity contribution >= 4 is 17.7 Å². The van der Waals surface area contributed by atoms with Gasteiger partial charge in [-0.25, -0.2) is 0 Å². The second kappa shape index (κ2) is 11.2. The minimum absolute atomic E-state index is 0.606. The summed E-state index contributed by atoms with van der Waals surface area (Å²) in [7, 11) is 0. The topological polar surface area (TPSA) is 39.7 Å². The van der Waals surface area contributed by atoms with E-state index in [0.29, 0.717) is 6.04 Å². The SMILES string of the molecule is CCNC(=NCCCCN1CCCCC1C)NC1CCC(SC)C1. The number of unbranched alkanes of at least 4 members (excludes halogenated alkanes) is 1. The van der Waals surface area contributed by atoms with E-state index in [1.807, 2.05) is 11.8 Å². The fourth-order valence-corrected chi connectivity index (χ4v) is 4.70. The molecule has 0 amide bonds. The van der Waals surface area contributed by atoms with Gasteiger partial charge in [-0.1, -0.05) is 6.42 Å². The number of likely N-dealkylation sites (tertiary alicyclic amines) is 1. The van der Waals surface area contributed by atoms with Crippen LogP contribution < -0.4 is 10.6 Å². The van der Waals surface area contributed by atoms with E-state index < -0.39 is 0 Å². The van der Waals surface area contributed by atoms with Crippen LogP contribution in [0.5, 0.6) is 0 Å². The van der Waals surface area contributed by atoms with Crippen LogP contribution in [-0.4, -0.2) is 60.6 Å². The summed E-state index contributed by atoms with van der Waals surface area (Å²) in [5.41, 5.74) is 0. The Bertz CT molecular complexity index is 374. The number of nitrogens with one attached hydrogen (secondary N) is 2. The monoisotopic (exact) mass is 354 g/mol. The van der Waals surface area contributed by atoms with E-state index in [0.717, 1.165) is 30.3 Å². The molecule has 2 aliphatic rings. The number of piperidine rings is 1. The average molecular weight is 355 g/mol. The summed E-state index contributed by atoms with van der Waals surface area (Å²) >= 11 is 2.01. The molecule has 0 aromatic rings. The molecule has 0 bridgehead atoms. The third kappa shape index (κ3) is 6.83. The predicted molar refractivity (Wildman–Crippen MR) is 108 cm³/mol. The van der Waals surface area contributed by atoms with Crippen molar-refractivity contribution in [2.45, 2.75) is 82.5 Å². The predicted octanol–water partition coefficient (Wildman–Crippen LogP) is 3.48. The third-order valence-corrected chi connectivity index (χ3v) is 6.56. The summed E-state index contributed by atoms with van der Waals surface area (Å²) in [5.74, 6) is 1.02. The summed E-state index contributed by atoms with van der Waals surface area (Å²) in [6, 6.07) is 1.39. The molecule has 2 N–H and O–H groups in total. The Morgan fingerprint density at radius 2 is 2.08 bits per heavy atom. The molecule has 0 aromatic heterocycles. The van der Waals surface area contributed by atoms with Crippen LogP contribution in [0.1, 0.15) is 65.2 Å². The lowest BCUT2D eigenvalue weighted by Gasteiger charge is -2.33. The zero-order chi connectivity index (χ0) is 17.2. The summed E-state index contributed by atoms with van der Waals surface area (Å²) in [6.45, 7) is 8.96. The first-order valence-corrected chi connectivity index (χ1v) is 11.3. The van der Waals surface area contributed by atoms with Crippen molar-refractivity contribution < 1.29 is 0 Å². The Hall–Kier alpha value is -0.420. The molecule has 140 valence electrons. The molecule has 0 radical (unpaired) electrons. The van der Waals surface area contributed by atoms with Crippen LogP contribution in [0, 0.1) is 0 Å². The Balaban J connectivity index is 1.65. The molecule has 3 unspecified atom stereocenters. The maximum absolute atomic E-state index is 4.80. The van der Waals surface area contributed by atoms with Crippen LogP contribution in [-0.2, 0) is 0 Å². The van der Waals surface area contributed by atoms with E-state index in [1.54, 1.807) is 0 Å². The molecule has 1 saturated heterocycles. The maximum Gasteiger partial charge on any atom is 0.191 e. The lowest BCUT2D eigenvalue weighted by Crippen LogP contribution is -2.42. The first-order valence-electron chi connectivity index (χ1n) is 10.0. The van der Waals surface area contributed by atoms with Crippen LogP contribution in [0.2, 0.25) is 0 Å². The van der Waals surface area contributed by atoms with Crippen molar-refractivity contribution in [3.05, 3.63) is 0 Å². The number of hydrogen-bond donors (Lipinski definition) is 2. The van der Waals surface area contributed by atoms with E-state index in [1.165, 1.54) is 64.5 Å². The number of thioether (sulfide) groups is 1. The highest BCUT2D eigenvalue weighted by Gasteiger charge is 2.24. The number of hydrogen-bond acceptors (Lipinski definition) is 3. The van der Waals surface area contributed by atoms with Gasteiger partial charge < -0.3 is 15.5 Å². The van der Waals surface area contributed by atoms with Gasteiger partial charge >= 0.3 is 0 Å². The van der Waals surface area contributed by atoms with Gasteiger partial charge in [-0.05, 0) is 78.1 Å². The molecule has 0 spiro atoms. The van der Waals surface area contributed by atoms with E-state index in [-0.39, 0.29) is 0 Å². The van der Waals surface area contributed by atoms with Crippen molar-refractivity contribution in [1.29, 1.82) is 0 Å². The Morgan fingerprint density at radius 1 is 1.21 bits per heavy atom. The number of rotatable bonds is 8. The normalized spacial score (nSPS) is 29.0. The molecule has 1 aliphatic carbocycles. The minimum Gasteiger partial charge on any atom is -0.357 e. The van der Waals surface area contributed by atoms with Crippen molar-refractivity contribution in [1.82, 2.24) is 15.5 Å². The minimum atomic E-state index is 0.606. The molecule has 2 rings (SSSR count). The van der Waals surface area contributed by atoms with Crippen LogP contribution in [0.15, 0.2) is 4.99 Å². The highest BCUT2D eigenvalue weighted by atomic mass is 32.2. The van der Waals surface area contributed by atoms with Gasteiger partial charge in [0.25, 0.3) is 0 Å². The lowest BCUT2D eigenvalue weighted by atomic mass is 10.0. The van der Waals surface area contributed by atoms with E-state index in [4.69, 9.17) is 4.99 Å². The van der Waals surface area contributed by atoms with Crippen LogP contribution in [0.4, 0.5) is 0 Å². The van der Waals surface area contributed by atoms with Gasteiger partial charge in [0.2, 0.25) is 0 Å². The van der Waals surface area contributed by atoms with Crippen LogP contribution in [0.25, 0.3) is 0 Å². The highest BCUT2D eigenvalue weighted by Crippen LogP contribution is 2.28. The highest BCUT2D eigenvalue weighted by molar-refractivity contribution is 7.99. The van der Waals surface area contributed by atoms with E-state index in [2.05, 4.69) is 35.6 Å². The van der Waals surface area contributed by atoms with Gasteiger partial charge in [0.15, 0.2) is 5.96 Å². The van der Waals surface area contributed by atoms with Gasteiger partial charge in [0.1, 0.15) is 0 Å². The molecule has 1 aliphatic heterocycles. The molecule has 1 heterocycles. The van der Waals surface area contributed by atoms with Crippen molar-refractivity contribution in [2.24, 2.45) is 4.99 Å². The van der Waals surface area contributed by atoms with Gasteiger partial charge in [0.05, 0.1) is 0 Å². The van der Waals surface area contributed by atoms with E-state index >= 15 is 0 Å². The van der Waals surface area contributed by atoms with Gasteiger partial charge in [-0.3, -0.25) is 4.99 Å². The fraction of sp³-hybridized carbons (Fsp3) is 0.947. The lowest BCUT2D eigenvalue weighted by molar-refractivity contribution is 0.158. The smallest absolute Gasteiger partial charge is 0.191 e. The van der Waals surface area contributed by atoms with Crippen LogP contribution >= 0.6 is 11.8 Å². The number of aliphatic imine (C=N–C) groups is 1. The molecular weight excluding hydrogens is 316 g/mol. The first kappa shape index (κ1) is 19.9. The summed E-state index contributed by atoms with van der Waals surface area (Å²) in [5, 5.41) is 7.89. The molecule has 1 saturated carbocycles. The Kier molecular flexibility index (Phi) is 9.32. The molecule has 2 fully saturated rings. The third-order valence-electron chi connectivity index (χ3n) is 5.47. The molecular formula is C19H38N4S. The van der Waals surface area contributed by atoms with E-state index in [9.17, 15) is 0 Å². The Morgan fingerprint density at radius 3 is 2.79 bits per heavy atom. The molecule has 5 heteroatoms. The fourth-order valence-electron chi connectivity index (χ4n) is 3.91. The number of nitrogens with zero attached hydrogens (tertiary/aromatic N) is 2. The summed E-state index contributed by atoms with van der Waals surface area (Å²) in [4.78, 5) is 7.46. The molecule has 24 heavy (non-hydrogen) atoms. The van der Waals surface area contributed by atoms with Gasteiger partial charge in [-0.15, -0.1) is 0 Å². The number of guanidine groups is 1. The molecule has 3 atom stereocenters. The van der Waals surface area contributed by atoms with Crippen LogP contribution in [0.3, 0.4) is 0 Å². The van der Waals surface area contributed by atoms with Crippen molar-refractivity contribution in [3.63, 3.8) is 0 Å². The first-order chi connectivity index (χ1) is 11.7. The van der Waals surface area contributed by atoms with Gasteiger partial charge in [0, 0.05) is 30.4 Å². The zero-order valence-electron chi connectivity index (χ0n) is 16.0. The average Bonchev–Trinajstić information content (AvgIpc) is 3.04. The second-order valence-corrected chi connectivity index (χ2v) is 8.50. The Labute approximate surface area is 153 Å².